The molecule has 0 bridgehead atoms. The number of ketones is 1. The predicted molar refractivity (Wildman–Crippen MR) is 58.5 cm³/mol. The summed E-state index contributed by atoms with van der Waals surface area (Å²) in [5.74, 6) is 0.396. The molecule has 0 aliphatic rings. The van der Waals surface area contributed by atoms with Gasteiger partial charge < -0.3 is 9.84 Å². The van der Waals surface area contributed by atoms with E-state index < -0.39 is 0 Å². The van der Waals surface area contributed by atoms with E-state index >= 15 is 0 Å². The van der Waals surface area contributed by atoms with E-state index in [0.29, 0.717) is 23.5 Å². The van der Waals surface area contributed by atoms with Crippen LogP contribution in [-0.4, -0.2) is 17.5 Å². The topological polar surface area (TPSA) is 46.5 Å². The maximum Gasteiger partial charge on any atom is 0.163 e. The highest BCUT2D eigenvalue weighted by Crippen LogP contribution is 2.30. The van der Waals surface area contributed by atoms with Gasteiger partial charge in [-0.25, -0.2) is 0 Å². The smallest absolute Gasteiger partial charge is 0.163 e. The van der Waals surface area contributed by atoms with Gasteiger partial charge in [-0.2, -0.15) is 0 Å². The number of phenols is 1. The van der Waals surface area contributed by atoms with Gasteiger partial charge in [0, 0.05) is 5.56 Å². The molecule has 0 aromatic heterocycles. The molecule has 15 heavy (non-hydrogen) atoms. The summed E-state index contributed by atoms with van der Waals surface area (Å²) in [4.78, 5) is 11.1. The Morgan fingerprint density at radius 1 is 1.60 bits per heavy atom. The van der Waals surface area contributed by atoms with Crippen molar-refractivity contribution in [2.45, 2.75) is 13.8 Å². The SMILES string of the molecule is C=CCOc1ccc(C(C)=O)c(O)c1C. The predicted octanol–water partition coefficient (Wildman–Crippen LogP) is 2.47. The molecule has 1 aromatic carbocycles. The summed E-state index contributed by atoms with van der Waals surface area (Å²) in [7, 11) is 0. The quantitative estimate of drug-likeness (QED) is 0.608. The standard InChI is InChI=1S/C12H14O3/c1-4-7-15-11-6-5-10(9(3)13)12(14)8(11)2/h4-6,14H,1,7H2,2-3H3. The molecule has 3 nitrogen and oxygen atoms in total. The van der Waals surface area contributed by atoms with E-state index in [1.165, 1.54) is 6.92 Å². The Balaban J connectivity index is 3.09. The number of ether oxygens (including phenoxy) is 1. The number of Topliss-reactive ketones (excluding diaryl/α,β-unsaturated/α-hetero) is 1. The molecule has 0 atom stereocenters. The molecule has 0 saturated carbocycles. The van der Waals surface area contributed by atoms with E-state index in [-0.39, 0.29) is 11.5 Å². The Morgan fingerprint density at radius 3 is 2.80 bits per heavy atom. The highest BCUT2D eigenvalue weighted by atomic mass is 16.5. The van der Waals surface area contributed by atoms with Crippen molar-refractivity contribution >= 4 is 5.78 Å². The van der Waals surface area contributed by atoms with Gasteiger partial charge in [0.2, 0.25) is 0 Å². The summed E-state index contributed by atoms with van der Waals surface area (Å²) < 4.78 is 5.31. The number of carbonyl (C=O) groups excluding carboxylic acids is 1. The molecule has 0 unspecified atom stereocenters. The van der Waals surface area contributed by atoms with E-state index in [1.54, 1.807) is 25.1 Å². The van der Waals surface area contributed by atoms with Crippen LogP contribution in [0.2, 0.25) is 0 Å². The number of benzene rings is 1. The van der Waals surface area contributed by atoms with Crippen LogP contribution in [0, 0.1) is 6.92 Å². The molecule has 0 aliphatic heterocycles. The second kappa shape index (κ2) is 4.64. The van der Waals surface area contributed by atoms with Crippen molar-refractivity contribution in [2.75, 3.05) is 6.61 Å². The maximum atomic E-state index is 11.1. The van der Waals surface area contributed by atoms with Crippen molar-refractivity contribution in [3.63, 3.8) is 0 Å². The fraction of sp³-hybridized carbons (Fsp3) is 0.250. The summed E-state index contributed by atoms with van der Waals surface area (Å²) in [5, 5.41) is 9.72. The fourth-order valence-electron chi connectivity index (χ4n) is 1.27. The van der Waals surface area contributed by atoms with Gasteiger partial charge in [-0.3, -0.25) is 4.79 Å². The van der Waals surface area contributed by atoms with Gasteiger partial charge in [0.15, 0.2) is 5.78 Å². The zero-order valence-corrected chi connectivity index (χ0v) is 8.91. The van der Waals surface area contributed by atoms with Crippen molar-refractivity contribution in [1.29, 1.82) is 0 Å². The molecule has 1 rings (SSSR count). The summed E-state index contributed by atoms with van der Waals surface area (Å²) in [6.07, 6.45) is 1.62. The molecule has 0 spiro atoms. The zero-order valence-electron chi connectivity index (χ0n) is 8.91. The molecule has 0 radical (unpaired) electrons. The largest absolute Gasteiger partial charge is 0.507 e. The number of aromatic hydroxyl groups is 1. The monoisotopic (exact) mass is 206 g/mol. The van der Waals surface area contributed by atoms with Crippen molar-refractivity contribution in [3.05, 3.63) is 35.9 Å². The molecular formula is C12H14O3. The molecule has 0 fully saturated rings. The lowest BCUT2D eigenvalue weighted by atomic mass is 10.1. The van der Waals surface area contributed by atoms with Gasteiger partial charge in [0.05, 0.1) is 5.56 Å². The highest BCUT2D eigenvalue weighted by Gasteiger charge is 2.12. The van der Waals surface area contributed by atoms with Crippen molar-refractivity contribution in [2.24, 2.45) is 0 Å². The van der Waals surface area contributed by atoms with E-state index in [1.807, 2.05) is 0 Å². The Bertz CT molecular complexity index is 394. The summed E-state index contributed by atoms with van der Waals surface area (Å²) >= 11 is 0. The van der Waals surface area contributed by atoms with Crippen LogP contribution in [0.1, 0.15) is 22.8 Å². The number of rotatable bonds is 4. The average molecular weight is 206 g/mol. The molecule has 0 heterocycles. The number of hydrogen-bond donors (Lipinski definition) is 1. The molecule has 0 amide bonds. The van der Waals surface area contributed by atoms with E-state index in [9.17, 15) is 9.90 Å². The van der Waals surface area contributed by atoms with E-state index in [2.05, 4.69) is 6.58 Å². The molecule has 3 heteroatoms. The number of phenolic OH excluding ortho intramolecular Hbond substituents is 1. The molecule has 1 N–H and O–H groups in total. The first-order valence-electron chi connectivity index (χ1n) is 4.65. The zero-order chi connectivity index (χ0) is 11.4. The Kier molecular flexibility index (Phi) is 3.50. The van der Waals surface area contributed by atoms with Crippen molar-refractivity contribution in [3.8, 4) is 11.5 Å². The Hall–Kier alpha value is -1.77. The first-order valence-corrected chi connectivity index (χ1v) is 4.65. The maximum absolute atomic E-state index is 11.1. The van der Waals surface area contributed by atoms with E-state index in [0.717, 1.165) is 0 Å². The van der Waals surface area contributed by atoms with Crippen molar-refractivity contribution in [1.82, 2.24) is 0 Å². The van der Waals surface area contributed by atoms with Gasteiger partial charge >= 0.3 is 0 Å². The second-order valence-corrected chi connectivity index (χ2v) is 3.24. The third kappa shape index (κ3) is 2.37. The first kappa shape index (κ1) is 11.3. The van der Waals surface area contributed by atoms with Crippen molar-refractivity contribution < 1.29 is 14.6 Å². The lowest BCUT2D eigenvalue weighted by molar-refractivity contribution is 0.101. The van der Waals surface area contributed by atoms with Crippen LogP contribution in [-0.2, 0) is 0 Å². The minimum atomic E-state index is -0.161. The normalized spacial score (nSPS) is 9.73. The minimum Gasteiger partial charge on any atom is -0.507 e. The van der Waals surface area contributed by atoms with Gasteiger partial charge in [-0.05, 0) is 26.0 Å². The second-order valence-electron chi connectivity index (χ2n) is 3.24. The molecule has 80 valence electrons. The molecular weight excluding hydrogens is 192 g/mol. The van der Waals surface area contributed by atoms with Crippen LogP contribution in [0.4, 0.5) is 0 Å². The van der Waals surface area contributed by atoms with Crippen LogP contribution in [0.3, 0.4) is 0 Å². The van der Waals surface area contributed by atoms with Crippen LogP contribution in [0.15, 0.2) is 24.8 Å². The Labute approximate surface area is 89.0 Å². The molecule has 0 aliphatic carbocycles. The van der Waals surface area contributed by atoms with Gasteiger partial charge in [0.25, 0.3) is 0 Å². The third-order valence-corrected chi connectivity index (χ3v) is 2.12. The summed E-state index contributed by atoms with van der Waals surface area (Å²) in [6.45, 7) is 7.03. The van der Waals surface area contributed by atoms with Crippen LogP contribution >= 0.6 is 0 Å². The molecule has 1 aromatic rings. The van der Waals surface area contributed by atoms with Crippen LogP contribution < -0.4 is 4.74 Å². The molecule has 0 saturated heterocycles. The van der Waals surface area contributed by atoms with E-state index in [4.69, 9.17) is 4.74 Å². The third-order valence-electron chi connectivity index (χ3n) is 2.12. The number of carbonyl (C=O) groups is 1. The summed E-state index contributed by atoms with van der Waals surface area (Å²) in [5.41, 5.74) is 0.892. The van der Waals surface area contributed by atoms with Gasteiger partial charge in [-0.15, -0.1) is 0 Å². The lowest BCUT2D eigenvalue weighted by Crippen LogP contribution is -1.99. The minimum absolute atomic E-state index is 0.0101. The van der Waals surface area contributed by atoms with Crippen LogP contribution in [0.5, 0.6) is 11.5 Å². The van der Waals surface area contributed by atoms with Gasteiger partial charge in [0.1, 0.15) is 18.1 Å². The van der Waals surface area contributed by atoms with Gasteiger partial charge in [-0.1, -0.05) is 12.7 Å². The number of hydrogen-bond acceptors (Lipinski definition) is 3. The fourth-order valence-corrected chi connectivity index (χ4v) is 1.27. The highest BCUT2D eigenvalue weighted by molar-refractivity contribution is 5.97. The average Bonchev–Trinajstić information content (AvgIpc) is 2.20. The van der Waals surface area contributed by atoms with Crippen LogP contribution in [0.25, 0.3) is 0 Å². The lowest BCUT2D eigenvalue weighted by Gasteiger charge is -2.10. The summed E-state index contributed by atoms with van der Waals surface area (Å²) in [6, 6.07) is 3.23. The first-order chi connectivity index (χ1) is 7.07. The Morgan fingerprint density at radius 2 is 2.27 bits per heavy atom.